The fraction of sp³-hybridized carbons (Fsp3) is 0.483. The molecule has 6 rings (SSSR count). The molecular formula is C29H34N2. The van der Waals surface area contributed by atoms with E-state index >= 15 is 0 Å². The van der Waals surface area contributed by atoms with Gasteiger partial charge in [-0.25, -0.2) is 4.98 Å². The van der Waals surface area contributed by atoms with Crippen LogP contribution in [0.1, 0.15) is 92.6 Å². The SMILES string of the molecule is Cc1ccc(-c2ccc(-c3cnc(C4CCCCC4)[nH]3)cc2)c2c1CCC21CCCC1. The second-order valence-corrected chi connectivity index (χ2v) is 10.4. The number of aryl methyl sites for hydroxylation is 1. The first-order valence-corrected chi connectivity index (χ1v) is 12.5. The Balaban J connectivity index is 1.32. The van der Waals surface area contributed by atoms with Gasteiger partial charge in [-0.1, -0.05) is 68.5 Å². The summed E-state index contributed by atoms with van der Waals surface area (Å²) in [5, 5.41) is 0. The summed E-state index contributed by atoms with van der Waals surface area (Å²) >= 11 is 0. The van der Waals surface area contributed by atoms with Gasteiger partial charge in [0.05, 0.1) is 11.9 Å². The van der Waals surface area contributed by atoms with Crippen LogP contribution < -0.4 is 0 Å². The lowest BCUT2D eigenvalue weighted by Crippen LogP contribution is -2.19. The maximum Gasteiger partial charge on any atom is 0.109 e. The van der Waals surface area contributed by atoms with Crippen LogP contribution in [0.15, 0.2) is 42.6 Å². The zero-order valence-electron chi connectivity index (χ0n) is 18.8. The van der Waals surface area contributed by atoms with Crippen LogP contribution in [-0.4, -0.2) is 9.97 Å². The first kappa shape index (κ1) is 19.3. The molecule has 3 aliphatic rings. The minimum absolute atomic E-state index is 0.452. The van der Waals surface area contributed by atoms with Gasteiger partial charge in [0, 0.05) is 5.92 Å². The summed E-state index contributed by atoms with van der Waals surface area (Å²) in [5.41, 5.74) is 10.6. The Bertz CT molecular complexity index is 1080. The highest BCUT2D eigenvalue weighted by molar-refractivity contribution is 5.75. The molecule has 1 heterocycles. The number of aromatic nitrogens is 2. The van der Waals surface area contributed by atoms with E-state index in [0.717, 1.165) is 5.69 Å². The molecule has 0 bridgehead atoms. The Hall–Kier alpha value is -2.35. The standard InChI is InChI=1S/C29H34N2/c1-20-9-14-25(27-24(20)15-18-29(27)16-5-6-17-29)21-10-12-22(13-11-21)26-19-30-28(31-26)23-7-3-2-4-8-23/h9-14,19,23H,2-8,15-18H2,1H3,(H,30,31). The molecule has 0 unspecified atom stereocenters. The Morgan fingerprint density at radius 1 is 0.839 bits per heavy atom. The van der Waals surface area contributed by atoms with E-state index in [-0.39, 0.29) is 0 Å². The summed E-state index contributed by atoms with van der Waals surface area (Å²) in [6.07, 6.45) is 16.9. The first-order valence-electron chi connectivity index (χ1n) is 12.5. The lowest BCUT2D eigenvalue weighted by molar-refractivity contribution is 0.431. The molecule has 0 saturated heterocycles. The van der Waals surface area contributed by atoms with Crippen LogP contribution in [0.4, 0.5) is 0 Å². The number of imidazole rings is 1. The van der Waals surface area contributed by atoms with E-state index in [1.54, 1.807) is 11.1 Å². The Kier molecular flexibility index (Phi) is 4.78. The molecule has 160 valence electrons. The average Bonchev–Trinajstić information content (AvgIpc) is 3.57. The molecule has 1 spiro atoms. The van der Waals surface area contributed by atoms with Crippen molar-refractivity contribution in [2.24, 2.45) is 0 Å². The van der Waals surface area contributed by atoms with Gasteiger partial charge in [-0.15, -0.1) is 0 Å². The summed E-state index contributed by atoms with van der Waals surface area (Å²) in [6.45, 7) is 2.31. The van der Waals surface area contributed by atoms with Crippen molar-refractivity contribution in [3.05, 3.63) is 65.1 Å². The van der Waals surface area contributed by atoms with Gasteiger partial charge in [-0.2, -0.15) is 0 Å². The third-order valence-electron chi connectivity index (χ3n) is 8.59. The minimum Gasteiger partial charge on any atom is -0.342 e. The number of rotatable bonds is 3. The molecule has 2 fully saturated rings. The highest BCUT2D eigenvalue weighted by Crippen LogP contribution is 2.54. The van der Waals surface area contributed by atoms with Crippen LogP contribution in [0, 0.1) is 6.92 Å². The molecule has 3 aromatic rings. The third kappa shape index (κ3) is 3.26. The van der Waals surface area contributed by atoms with Gasteiger partial charge in [0.2, 0.25) is 0 Å². The van der Waals surface area contributed by atoms with Crippen molar-refractivity contribution in [2.75, 3.05) is 0 Å². The number of benzene rings is 2. The average molecular weight is 411 g/mol. The number of hydrogen-bond donors (Lipinski definition) is 1. The molecule has 0 atom stereocenters. The van der Waals surface area contributed by atoms with Gasteiger partial charge in [0.1, 0.15) is 5.82 Å². The van der Waals surface area contributed by atoms with E-state index in [0.29, 0.717) is 11.3 Å². The molecular weight excluding hydrogens is 376 g/mol. The molecule has 2 saturated carbocycles. The summed E-state index contributed by atoms with van der Waals surface area (Å²) in [6, 6.07) is 14.0. The van der Waals surface area contributed by atoms with Gasteiger partial charge < -0.3 is 4.98 Å². The van der Waals surface area contributed by atoms with Crippen molar-refractivity contribution < 1.29 is 0 Å². The fourth-order valence-electron chi connectivity index (χ4n) is 6.86. The molecule has 2 heteroatoms. The summed E-state index contributed by atoms with van der Waals surface area (Å²) in [7, 11) is 0. The van der Waals surface area contributed by atoms with Crippen molar-refractivity contribution in [1.82, 2.24) is 9.97 Å². The molecule has 1 N–H and O–H groups in total. The molecule has 0 amide bonds. The third-order valence-corrected chi connectivity index (χ3v) is 8.59. The summed E-state index contributed by atoms with van der Waals surface area (Å²) < 4.78 is 0. The van der Waals surface area contributed by atoms with Gasteiger partial charge >= 0.3 is 0 Å². The number of fused-ring (bicyclic) bond motifs is 2. The Morgan fingerprint density at radius 2 is 1.58 bits per heavy atom. The normalized spacial score (nSPS) is 20.4. The van der Waals surface area contributed by atoms with Crippen molar-refractivity contribution in [1.29, 1.82) is 0 Å². The van der Waals surface area contributed by atoms with Crippen LogP contribution in [0.3, 0.4) is 0 Å². The number of nitrogens with zero attached hydrogens (tertiary/aromatic N) is 1. The van der Waals surface area contributed by atoms with E-state index in [1.165, 1.54) is 98.7 Å². The predicted molar refractivity (Wildman–Crippen MR) is 128 cm³/mol. The van der Waals surface area contributed by atoms with E-state index in [2.05, 4.69) is 48.3 Å². The van der Waals surface area contributed by atoms with Crippen LogP contribution in [0.25, 0.3) is 22.4 Å². The maximum absolute atomic E-state index is 4.75. The van der Waals surface area contributed by atoms with E-state index in [1.807, 2.05) is 6.20 Å². The van der Waals surface area contributed by atoms with Crippen molar-refractivity contribution in [3.63, 3.8) is 0 Å². The van der Waals surface area contributed by atoms with E-state index in [4.69, 9.17) is 4.98 Å². The Labute approximate surface area is 186 Å². The monoisotopic (exact) mass is 410 g/mol. The van der Waals surface area contributed by atoms with Crippen molar-refractivity contribution in [3.8, 4) is 22.4 Å². The first-order chi connectivity index (χ1) is 15.2. The van der Waals surface area contributed by atoms with Crippen LogP contribution in [0.2, 0.25) is 0 Å². The van der Waals surface area contributed by atoms with Gasteiger partial charge in [0.15, 0.2) is 0 Å². The second kappa shape index (κ2) is 7.65. The minimum atomic E-state index is 0.452. The zero-order valence-corrected chi connectivity index (χ0v) is 18.8. The summed E-state index contributed by atoms with van der Waals surface area (Å²) in [4.78, 5) is 8.38. The largest absolute Gasteiger partial charge is 0.342 e. The number of H-pyrrole nitrogens is 1. The molecule has 1 aromatic heterocycles. The molecule has 31 heavy (non-hydrogen) atoms. The van der Waals surface area contributed by atoms with Crippen molar-refractivity contribution >= 4 is 0 Å². The molecule has 2 nitrogen and oxygen atoms in total. The fourth-order valence-corrected chi connectivity index (χ4v) is 6.86. The van der Waals surface area contributed by atoms with E-state index < -0.39 is 0 Å². The second-order valence-electron chi connectivity index (χ2n) is 10.4. The predicted octanol–water partition coefficient (Wildman–Crippen LogP) is 7.86. The number of hydrogen-bond acceptors (Lipinski definition) is 1. The Morgan fingerprint density at radius 3 is 2.35 bits per heavy atom. The molecule has 3 aliphatic carbocycles. The zero-order chi connectivity index (χ0) is 20.8. The van der Waals surface area contributed by atoms with Crippen LogP contribution in [-0.2, 0) is 11.8 Å². The highest BCUT2D eigenvalue weighted by Gasteiger charge is 2.43. The lowest BCUT2D eigenvalue weighted by atomic mass is 9.76. The van der Waals surface area contributed by atoms with E-state index in [9.17, 15) is 0 Å². The van der Waals surface area contributed by atoms with Crippen LogP contribution >= 0.6 is 0 Å². The summed E-state index contributed by atoms with van der Waals surface area (Å²) in [5.74, 6) is 1.82. The maximum atomic E-state index is 4.75. The smallest absolute Gasteiger partial charge is 0.109 e. The van der Waals surface area contributed by atoms with Gasteiger partial charge in [-0.3, -0.25) is 0 Å². The number of nitrogens with one attached hydrogen (secondary N) is 1. The topological polar surface area (TPSA) is 28.7 Å². The highest BCUT2D eigenvalue weighted by atomic mass is 14.9. The van der Waals surface area contributed by atoms with Crippen LogP contribution in [0.5, 0.6) is 0 Å². The molecule has 0 radical (unpaired) electrons. The van der Waals surface area contributed by atoms with Gasteiger partial charge in [0.25, 0.3) is 0 Å². The molecule has 0 aliphatic heterocycles. The molecule has 2 aromatic carbocycles. The lowest BCUT2D eigenvalue weighted by Gasteiger charge is -2.27. The number of aromatic amines is 1. The van der Waals surface area contributed by atoms with Crippen molar-refractivity contribution in [2.45, 2.75) is 88.9 Å². The van der Waals surface area contributed by atoms with Gasteiger partial charge in [-0.05, 0) is 84.2 Å². The quantitative estimate of drug-likeness (QED) is 0.468.